The molecular formula is C8H18N2O2S. The third kappa shape index (κ3) is 6.86. The molecule has 0 saturated carbocycles. The molecule has 78 valence electrons. The maximum atomic E-state index is 11.0. The lowest BCUT2D eigenvalue weighted by atomic mass is 10.1. The van der Waals surface area contributed by atoms with Crippen LogP contribution < -0.4 is 11.1 Å². The van der Waals surface area contributed by atoms with Crippen molar-refractivity contribution in [2.75, 3.05) is 25.1 Å². The van der Waals surface area contributed by atoms with Crippen LogP contribution in [0.3, 0.4) is 0 Å². The van der Waals surface area contributed by atoms with Crippen LogP contribution in [0, 0.1) is 0 Å². The lowest BCUT2D eigenvalue weighted by Crippen LogP contribution is -2.42. The summed E-state index contributed by atoms with van der Waals surface area (Å²) in [6.45, 7) is 2.33. The number of carbonyl (C=O) groups excluding carboxylic acids is 1. The summed E-state index contributed by atoms with van der Waals surface area (Å²) in [5, 5.41) is 12.3. The fourth-order valence-electron chi connectivity index (χ4n) is 0.870. The van der Waals surface area contributed by atoms with E-state index in [0.29, 0.717) is 18.7 Å². The fourth-order valence-corrected chi connectivity index (χ4v) is 1.59. The predicted molar refractivity (Wildman–Crippen MR) is 55.7 cm³/mol. The molecule has 1 atom stereocenters. The summed E-state index contributed by atoms with van der Waals surface area (Å²) >= 11 is 1.55. The predicted octanol–water partition coefficient (Wildman–Crippen LogP) is -0.435. The Balaban J connectivity index is 3.67. The number of nitrogens with one attached hydrogen (secondary N) is 1. The molecule has 13 heavy (non-hydrogen) atoms. The van der Waals surface area contributed by atoms with Gasteiger partial charge in [0.1, 0.15) is 0 Å². The Kier molecular flexibility index (Phi) is 6.11. The van der Waals surface area contributed by atoms with Gasteiger partial charge in [-0.25, -0.2) is 0 Å². The van der Waals surface area contributed by atoms with E-state index in [0.717, 1.165) is 0 Å². The highest BCUT2D eigenvalue weighted by Crippen LogP contribution is 2.08. The van der Waals surface area contributed by atoms with Crippen molar-refractivity contribution >= 4 is 17.7 Å². The van der Waals surface area contributed by atoms with Crippen LogP contribution >= 0.6 is 11.8 Å². The van der Waals surface area contributed by atoms with Gasteiger partial charge >= 0.3 is 0 Å². The molecule has 4 N–H and O–H groups in total. The summed E-state index contributed by atoms with van der Waals surface area (Å²) in [5.74, 6) is 0.500. The number of aliphatic hydroxyl groups is 1. The number of carbonyl (C=O) groups is 1. The summed E-state index contributed by atoms with van der Waals surface area (Å²) in [6, 6.07) is 0. The Hall–Kier alpha value is -0.260. The van der Waals surface area contributed by atoms with Crippen molar-refractivity contribution in [1.29, 1.82) is 0 Å². The zero-order valence-electron chi connectivity index (χ0n) is 8.17. The average molecular weight is 206 g/mol. The van der Waals surface area contributed by atoms with Crippen molar-refractivity contribution in [2.24, 2.45) is 5.73 Å². The van der Waals surface area contributed by atoms with Crippen molar-refractivity contribution in [1.82, 2.24) is 5.32 Å². The molecule has 5 heteroatoms. The molecule has 4 nitrogen and oxygen atoms in total. The second kappa shape index (κ2) is 6.23. The lowest BCUT2D eigenvalue weighted by Gasteiger charge is -2.22. The first-order valence-electron chi connectivity index (χ1n) is 4.20. The number of hydrogen-bond donors (Lipinski definition) is 3. The van der Waals surface area contributed by atoms with Crippen LogP contribution in [-0.2, 0) is 4.79 Å². The van der Waals surface area contributed by atoms with Crippen LogP contribution in [0.2, 0.25) is 0 Å². The van der Waals surface area contributed by atoms with Gasteiger partial charge < -0.3 is 16.2 Å². The van der Waals surface area contributed by atoms with Crippen LogP contribution in [0.15, 0.2) is 0 Å². The van der Waals surface area contributed by atoms with Gasteiger partial charge in [-0.3, -0.25) is 4.79 Å². The Morgan fingerprint density at radius 2 is 2.31 bits per heavy atom. The number of nitrogens with two attached hydrogens (primary N) is 1. The summed E-state index contributed by atoms with van der Waals surface area (Å²) in [5.41, 5.74) is 4.37. The average Bonchev–Trinajstić information content (AvgIpc) is 2.02. The molecule has 0 aromatic rings. The second-order valence-electron chi connectivity index (χ2n) is 3.25. The first-order valence-corrected chi connectivity index (χ1v) is 5.59. The smallest absolute Gasteiger partial charge is 0.221 e. The van der Waals surface area contributed by atoms with Crippen LogP contribution in [0.4, 0.5) is 0 Å². The standard InChI is InChI=1S/C8H18N2O2S/c1-8(12,6-13-2)5-10-7(11)3-4-9/h12H,3-6,9H2,1-2H3,(H,10,11). The minimum atomic E-state index is -0.830. The molecule has 0 rings (SSSR count). The van der Waals surface area contributed by atoms with E-state index in [1.807, 2.05) is 6.26 Å². The van der Waals surface area contributed by atoms with Crippen LogP contribution in [0.5, 0.6) is 0 Å². The van der Waals surface area contributed by atoms with Crippen molar-refractivity contribution in [2.45, 2.75) is 18.9 Å². The fraction of sp³-hybridized carbons (Fsp3) is 0.875. The van der Waals surface area contributed by atoms with E-state index in [1.165, 1.54) is 0 Å². The maximum Gasteiger partial charge on any atom is 0.221 e. The molecule has 0 aliphatic carbocycles. The Labute approximate surface area is 83.3 Å². The van der Waals surface area contributed by atoms with Gasteiger partial charge in [-0.05, 0) is 13.2 Å². The van der Waals surface area contributed by atoms with Gasteiger partial charge in [0.15, 0.2) is 0 Å². The van der Waals surface area contributed by atoms with E-state index in [1.54, 1.807) is 18.7 Å². The molecule has 0 aliphatic rings. The van der Waals surface area contributed by atoms with Gasteiger partial charge in [-0.2, -0.15) is 11.8 Å². The molecular weight excluding hydrogens is 188 g/mol. The van der Waals surface area contributed by atoms with Crippen LogP contribution in [0.1, 0.15) is 13.3 Å². The van der Waals surface area contributed by atoms with Gasteiger partial charge in [0.2, 0.25) is 5.91 Å². The van der Waals surface area contributed by atoms with Crippen molar-refractivity contribution in [3.05, 3.63) is 0 Å². The van der Waals surface area contributed by atoms with E-state index in [2.05, 4.69) is 5.32 Å². The van der Waals surface area contributed by atoms with Gasteiger partial charge in [-0.1, -0.05) is 0 Å². The third-order valence-corrected chi connectivity index (χ3v) is 2.40. The minimum Gasteiger partial charge on any atom is -0.387 e. The van der Waals surface area contributed by atoms with Crippen molar-refractivity contribution < 1.29 is 9.90 Å². The van der Waals surface area contributed by atoms with E-state index in [-0.39, 0.29) is 12.5 Å². The Bertz CT molecular complexity index is 162. The highest BCUT2D eigenvalue weighted by atomic mass is 32.2. The molecule has 1 unspecified atom stereocenters. The maximum absolute atomic E-state index is 11.0. The molecule has 0 heterocycles. The number of rotatable bonds is 6. The number of amides is 1. The summed E-state index contributed by atoms with van der Waals surface area (Å²) in [4.78, 5) is 11.0. The quantitative estimate of drug-likeness (QED) is 0.551. The molecule has 0 aliphatic heterocycles. The topological polar surface area (TPSA) is 75.3 Å². The largest absolute Gasteiger partial charge is 0.387 e. The van der Waals surface area contributed by atoms with Gasteiger partial charge in [0, 0.05) is 25.3 Å². The van der Waals surface area contributed by atoms with Crippen molar-refractivity contribution in [3.63, 3.8) is 0 Å². The summed E-state index contributed by atoms with van der Waals surface area (Å²) in [6.07, 6.45) is 2.23. The van der Waals surface area contributed by atoms with E-state index >= 15 is 0 Å². The van der Waals surface area contributed by atoms with Gasteiger partial charge in [-0.15, -0.1) is 0 Å². The minimum absolute atomic E-state index is 0.108. The highest BCUT2D eigenvalue weighted by molar-refractivity contribution is 7.98. The van der Waals surface area contributed by atoms with Gasteiger partial charge in [0.05, 0.1) is 5.60 Å². The highest BCUT2D eigenvalue weighted by Gasteiger charge is 2.19. The number of thioether (sulfide) groups is 1. The normalized spacial score (nSPS) is 15.1. The molecule has 1 amide bonds. The molecule has 0 aromatic carbocycles. The second-order valence-corrected chi connectivity index (χ2v) is 4.11. The Morgan fingerprint density at radius 3 is 2.77 bits per heavy atom. The van der Waals surface area contributed by atoms with E-state index < -0.39 is 5.60 Å². The SMILES string of the molecule is CSCC(C)(O)CNC(=O)CCN. The first kappa shape index (κ1) is 12.7. The molecule has 0 aromatic heterocycles. The molecule has 0 spiro atoms. The van der Waals surface area contributed by atoms with Gasteiger partial charge in [0.25, 0.3) is 0 Å². The molecule has 0 fully saturated rings. The van der Waals surface area contributed by atoms with Crippen molar-refractivity contribution in [3.8, 4) is 0 Å². The zero-order valence-corrected chi connectivity index (χ0v) is 8.99. The van der Waals surface area contributed by atoms with Crippen LogP contribution in [0.25, 0.3) is 0 Å². The third-order valence-electron chi connectivity index (χ3n) is 1.49. The number of hydrogen-bond acceptors (Lipinski definition) is 4. The van der Waals surface area contributed by atoms with E-state index in [9.17, 15) is 9.90 Å². The molecule has 0 saturated heterocycles. The van der Waals surface area contributed by atoms with Crippen LogP contribution in [-0.4, -0.2) is 41.7 Å². The molecule has 0 radical (unpaired) electrons. The Morgan fingerprint density at radius 1 is 1.69 bits per heavy atom. The zero-order chi connectivity index (χ0) is 10.3. The lowest BCUT2D eigenvalue weighted by molar-refractivity contribution is -0.121. The monoisotopic (exact) mass is 206 g/mol. The summed E-state index contributed by atoms with van der Waals surface area (Å²) < 4.78 is 0. The summed E-state index contributed by atoms with van der Waals surface area (Å²) in [7, 11) is 0. The first-order chi connectivity index (χ1) is 6.02. The molecule has 0 bridgehead atoms. The van der Waals surface area contributed by atoms with E-state index in [4.69, 9.17) is 5.73 Å².